The number of amides is 3. The molecule has 6 heteroatoms. The first kappa shape index (κ1) is 17.3. The highest BCUT2D eigenvalue weighted by atomic mass is 16.2. The molecule has 1 aliphatic rings. The van der Waals surface area contributed by atoms with E-state index < -0.39 is 12.1 Å². The molecule has 0 radical (unpaired) electrons. The lowest BCUT2D eigenvalue weighted by atomic mass is 10.00. The summed E-state index contributed by atoms with van der Waals surface area (Å²) in [5, 5.41) is 5.38. The maximum absolute atomic E-state index is 12.0. The number of urea groups is 1. The molecule has 0 aliphatic carbocycles. The summed E-state index contributed by atoms with van der Waals surface area (Å²) in [5.41, 5.74) is 6.35. The van der Waals surface area contributed by atoms with Gasteiger partial charge in [-0.1, -0.05) is 30.3 Å². The van der Waals surface area contributed by atoms with E-state index in [1.807, 2.05) is 6.07 Å². The first-order chi connectivity index (χ1) is 11.0. The highest BCUT2D eigenvalue weighted by Crippen LogP contribution is 2.23. The minimum atomic E-state index is -0.681. The number of primary amides is 1. The molecule has 2 atom stereocenters. The van der Waals surface area contributed by atoms with Crippen LogP contribution in [0.3, 0.4) is 0 Å². The van der Waals surface area contributed by atoms with E-state index in [0.29, 0.717) is 6.04 Å². The number of carbonyl (C=O) groups excluding carboxylic acids is 2. The van der Waals surface area contributed by atoms with Gasteiger partial charge in [-0.3, -0.25) is 9.69 Å². The summed E-state index contributed by atoms with van der Waals surface area (Å²) in [6.07, 6.45) is 1.82. The SMILES string of the molecule is CC(NC(N)=O)C(=O)NC1CCN(C(C)c2ccccc2)CC1. The van der Waals surface area contributed by atoms with Crippen LogP contribution in [0.25, 0.3) is 0 Å². The molecule has 0 bridgehead atoms. The number of nitrogens with zero attached hydrogens (tertiary/aromatic N) is 1. The molecule has 2 rings (SSSR count). The summed E-state index contributed by atoms with van der Waals surface area (Å²) in [4.78, 5) is 25.2. The Kier molecular flexibility index (Phi) is 5.98. The molecule has 1 saturated heterocycles. The van der Waals surface area contributed by atoms with Gasteiger partial charge in [0.25, 0.3) is 0 Å². The summed E-state index contributed by atoms with van der Waals surface area (Å²) in [6, 6.07) is 9.69. The summed E-state index contributed by atoms with van der Waals surface area (Å²) in [7, 11) is 0. The Morgan fingerprint density at radius 1 is 1.17 bits per heavy atom. The zero-order chi connectivity index (χ0) is 16.8. The normalized spacial score (nSPS) is 18.9. The van der Waals surface area contributed by atoms with Crippen molar-refractivity contribution in [1.29, 1.82) is 0 Å². The van der Waals surface area contributed by atoms with Gasteiger partial charge in [-0.05, 0) is 32.3 Å². The molecule has 0 spiro atoms. The Bertz CT molecular complexity index is 527. The number of hydrogen-bond acceptors (Lipinski definition) is 3. The van der Waals surface area contributed by atoms with Gasteiger partial charge in [-0.2, -0.15) is 0 Å². The van der Waals surface area contributed by atoms with Gasteiger partial charge in [0, 0.05) is 25.2 Å². The van der Waals surface area contributed by atoms with Gasteiger partial charge in [-0.25, -0.2) is 4.79 Å². The van der Waals surface area contributed by atoms with Crippen molar-refractivity contribution < 1.29 is 9.59 Å². The third-order valence-corrected chi connectivity index (χ3v) is 4.46. The second-order valence-electron chi connectivity index (χ2n) is 6.14. The lowest BCUT2D eigenvalue weighted by Crippen LogP contribution is -2.52. The molecule has 1 heterocycles. The van der Waals surface area contributed by atoms with Gasteiger partial charge in [0.2, 0.25) is 5.91 Å². The van der Waals surface area contributed by atoms with Crippen LogP contribution in [0.2, 0.25) is 0 Å². The van der Waals surface area contributed by atoms with Crippen LogP contribution in [0.5, 0.6) is 0 Å². The zero-order valence-electron chi connectivity index (χ0n) is 13.8. The molecule has 23 heavy (non-hydrogen) atoms. The average Bonchev–Trinajstić information content (AvgIpc) is 2.55. The number of nitrogens with two attached hydrogens (primary N) is 1. The van der Waals surface area contributed by atoms with Gasteiger partial charge in [-0.15, -0.1) is 0 Å². The molecule has 1 fully saturated rings. The summed E-state index contributed by atoms with van der Waals surface area (Å²) in [6.45, 7) is 5.73. The smallest absolute Gasteiger partial charge is 0.312 e. The molecule has 6 nitrogen and oxygen atoms in total. The number of rotatable bonds is 5. The van der Waals surface area contributed by atoms with E-state index in [0.717, 1.165) is 25.9 Å². The van der Waals surface area contributed by atoms with Crippen LogP contribution in [0.4, 0.5) is 4.79 Å². The van der Waals surface area contributed by atoms with Crippen LogP contribution in [0, 0.1) is 0 Å². The number of nitrogens with one attached hydrogen (secondary N) is 2. The first-order valence-electron chi connectivity index (χ1n) is 8.12. The van der Waals surface area contributed by atoms with E-state index in [-0.39, 0.29) is 11.9 Å². The molecular formula is C17H26N4O2. The topological polar surface area (TPSA) is 87.5 Å². The van der Waals surface area contributed by atoms with Crippen LogP contribution < -0.4 is 16.4 Å². The zero-order valence-corrected chi connectivity index (χ0v) is 13.8. The van der Waals surface area contributed by atoms with Crippen LogP contribution in [-0.4, -0.2) is 42.0 Å². The van der Waals surface area contributed by atoms with Crippen LogP contribution >= 0.6 is 0 Å². The molecule has 2 unspecified atom stereocenters. The van der Waals surface area contributed by atoms with E-state index in [1.54, 1.807) is 6.92 Å². The maximum atomic E-state index is 12.0. The van der Waals surface area contributed by atoms with Gasteiger partial charge in [0.1, 0.15) is 6.04 Å². The second-order valence-corrected chi connectivity index (χ2v) is 6.14. The van der Waals surface area contributed by atoms with Crippen molar-refractivity contribution in [2.24, 2.45) is 5.73 Å². The standard InChI is InChI=1S/C17H26N4O2/c1-12(19-17(18)23)16(22)20-15-8-10-21(11-9-15)13(2)14-6-4-3-5-7-14/h3-7,12-13,15H,8-11H2,1-2H3,(H,20,22)(H3,18,19,23). The van der Waals surface area contributed by atoms with Crippen LogP contribution in [0.1, 0.15) is 38.3 Å². The molecule has 3 amide bonds. The molecular weight excluding hydrogens is 292 g/mol. The minimum absolute atomic E-state index is 0.152. The number of hydrogen-bond donors (Lipinski definition) is 3. The second kappa shape index (κ2) is 7.97. The number of carbonyl (C=O) groups is 2. The van der Waals surface area contributed by atoms with Crippen molar-refractivity contribution in [3.63, 3.8) is 0 Å². The fraction of sp³-hybridized carbons (Fsp3) is 0.529. The Morgan fingerprint density at radius 3 is 2.35 bits per heavy atom. The number of piperidine rings is 1. The van der Waals surface area contributed by atoms with E-state index in [2.05, 4.69) is 46.7 Å². The van der Waals surface area contributed by atoms with E-state index >= 15 is 0 Å². The van der Waals surface area contributed by atoms with E-state index in [1.165, 1.54) is 5.56 Å². The third kappa shape index (κ3) is 4.96. The third-order valence-electron chi connectivity index (χ3n) is 4.46. The fourth-order valence-electron chi connectivity index (χ4n) is 2.98. The van der Waals surface area contributed by atoms with Gasteiger partial charge >= 0.3 is 6.03 Å². The van der Waals surface area contributed by atoms with Gasteiger partial charge in [0.15, 0.2) is 0 Å². The molecule has 0 aromatic heterocycles. The summed E-state index contributed by atoms with van der Waals surface area (Å²) >= 11 is 0. The summed E-state index contributed by atoms with van der Waals surface area (Å²) in [5.74, 6) is -0.182. The first-order valence-corrected chi connectivity index (χ1v) is 8.12. The van der Waals surface area contributed by atoms with Crippen molar-refractivity contribution >= 4 is 11.9 Å². The summed E-state index contributed by atoms with van der Waals surface area (Å²) < 4.78 is 0. The monoisotopic (exact) mass is 318 g/mol. The Balaban J connectivity index is 1.80. The molecule has 126 valence electrons. The van der Waals surface area contributed by atoms with Crippen molar-refractivity contribution in [3.05, 3.63) is 35.9 Å². The lowest BCUT2D eigenvalue weighted by Gasteiger charge is -2.36. The number of benzene rings is 1. The average molecular weight is 318 g/mol. The van der Waals surface area contributed by atoms with E-state index in [4.69, 9.17) is 5.73 Å². The molecule has 4 N–H and O–H groups in total. The molecule has 0 saturated carbocycles. The van der Waals surface area contributed by atoms with Crippen LogP contribution in [-0.2, 0) is 4.79 Å². The van der Waals surface area contributed by atoms with E-state index in [9.17, 15) is 9.59 Å². The van der Waals surface area contributed by atoms with Crippen molar-refractivity contribution in [3.8, 4) is 0 Å². The predicted molar refractivity (Wildman–Crippen MR) is 89.8 cm³/mol. The van der Waals surface area contributed by atoms with Gasteiger partial charge in [0.05, 0.1) is 0 Å². The highest BCUT2D eigenvalue weighted by Gasteiger charge is 2.25. The molecule has 1 aromatic carbocycles. The lowest BCUT2D eigenvalue weighted by molar-refractivity contribution is -0.123. The van der Waals surface area contributed by atoms with Crippen molar-refractivity contribution in [2.75, 3.05) is 13.1 Å². The van der Waals surface area contributed by atoms with Crippen LogP contribution in [0.15, 0.2) is 30.3 Å². The maximum Gasteiger partial charge on any atom is 0.312 e. The Labute approximate surface area is 137 Å². The molecule has 1 aromatic rings. The molecule has 1 aliphatic heterocycles. The fourth-order valence-corrected chi connectivity index (χ4v) is 2.98. The van der Waals surface area contributed by atoms with Crippen molar-refractivity contribution in [2.45, 2.75) is 44.8 Å². The highest BCUT2D eigenvalue weighted by molar-refractivity contribution is 5.86. The minimum Gasteiger partial charge on any atom is -0.352 e. The Hall–Kier alpha value is -2.08. The Morgan fingerprint density at radius 2 is 1.78 bits per heavy atom. The van der Waals surface area contributed by atoms with Gasteiger partial charge < -0.3 is 16.4 Å². The predicted octanol–water partition coefficient (Wildman–Crippen LogP) is 1.39. The quantitative estimate of drug-likeness (QED) is 0.766. The largest absolute Gasteiger partial charge is 0.352 e. The van der Waals surface area contributed by atoms with Crippen molar-refractivity contribution in [1.82, 2.24) is 15.5 Å². The number of likely N-dealkylation sites (tertiary alicyclic amines) is 1.